The topological polar surface area (TPSA) is 74.8 Å². The third kappa shape index (κ3) is 2.76. The van der Waals surface area contributed by atoms with Gasteiger partial charge in [-0.2, -0.15) is 5.10 Å². The van der Waals surface area contributed by atoms with Crippen LogP contribution >= 0.6 is 0 Å². The van der Waals surface area contributed by atoms with Crippen molar-refractivity contribution in [3.8, 4) is 0 Å². The maximum absolute atomic E-state index is 13.2. The van der Waals surface area contributed by atoms with Crippen LogP contribution in [0.15, 0.2) is 23.1 Å². The molecule has 2 aromatic rings. The Morgan fingerprint density at radius 1 is 1.16 bits per heavy atom. The minimum atomic E-state index is -3.78. The first-order valence-electron chi connectivity index (χ1n) is 5.61. The normalized spacial score (nSPS) is 11.6. The van der Waals surface area contributed by atoms with E-state index in [-0.39, 0.29) is 10.7 Å². The molecule has 1 heterocycles. The number of rotatable bonds is 3. The number of anilines is 1. The SMILES string of the molecule is Cc1cc(NS(=O)(=O)c2c(C)cc(F)cc2C)n[nH]1. The van der Waals surface area contributed by atoms with Gasteiger partial charge in [-0.05, 0) is 44.0 Å². The molecule has 2 N–H and O–H groups in total. The molecule has 0 aliphatic rings. The Kier molecular flexibility index (Phi) is 3.32. The van der Waals surface area contributed by atoms with Crippen molar-refractivity contribution in [2.75, 3.05) is 4.72 Å². The van der Waals surface area contributed by atoms with Gasteiger partial charge in [-0.1, -0.05) is 0 Å². The van der Waals surface area contributed by atoms with Gasteiger partial charge in [-0.25, -0.2) is 12.8 Å². The number of hydrogen-bond donors (Lipinski definition) is 2. The highest BCUT2D eigenvalue weighted by Gasteiger charge is 2.21. The molecule has 0 saturated heterocycles. The summed E-state index contributed by atoms with van der Waals surface area (Å²) in [5.74, 6) is -0.245. The second kappa shape index (κ2) is 4.65. The Hall–Kier alpha value is -1.89. The van der Waals surface area contributed by atoms with Gasteiger partial charge in [0.25, 0.3) is 10.0 Å². The average molecular weight is 283 g/mol. The molecule has 19 heavy (non-hydrogen) atoms. The standard InChI is InChI=1S/C12H14FN3O2S/c1-7-4-10(13)5-8(2)12(7)19(17,18)16-11-6-9(3)14-15-11/h4-6H,1-3H3,(H2,14,15,16). The summed E-state index contributed by atoms with van der Waals surface area (Å²) < 4.78 is 40.1. The third-order valence-corrected chi connectivity index (χ3v) is 4.30. The molecule has 5 nitrogen and oxygen atoms in total. The van der Waals surface area contributed by atoms with E-state index in [0.717, 1.165) is 5.69 Å². The first-order valence-corrected chi connectivity index (χ1v) is 7.09. The summed E-state index contributed by atoms with van der Waals surface area (Å²) in [6.45, 7) is 4.88. The number of halogens is 1. The second-order valence-electron chi connectivity index (χ2n) is 4.41. The van der Waals surface area contributed by atoms with Crippen LogP contribution < -0.4 is 4.72 Å². The lowest BCUT2D eigenvalue weighted by atomic mass is 10.1. The van der Waals surface area contributed by atoms with Crippen LogP contribution in [0, 0.1) is 26.6 Å². The maximum atomic E-state index is 13.2. The first kappa shape index (κ1) is 13.5. The summed E-state index contributed by atoms with van der Waals surface area (Å²) in [5.41, 5.74) is 1.46. The van der Waals surface area contributed by atoms with Crippen molar-refractivity contribution in [1.82, 2.24) is 10.2 Å². The average Bonchev–Trinajstić information content (AvgIpc) is 2.60. The van der Waals surface area contributed by atoms with Gasteiger partial charge in [0.1, 0.15) is 5.82 Å². The molecule has 0 atom stereocenters. The van der Waals surface area contributed by atoms with E-state index in [0.29, 0.717) is 11.1 Å². The number of hydrogen-bond acceptors (Lipinski definition) is 3. The molecule has 2 rings (SSSR count). The van der Waals surface area contributed by atoms with E-state index < -0.39 is 15.8 Å². The fraction of sp³-hybridized carbons (Fsp3) is 0.250. The molecule has 1 aromatic carbocycles. The summed E-state index contributed by atoms with van der Waals surface area (Å²) in [6, 6.07) is 3.96. The maximum Gasteiger partial charge on any atom is 0.263 e. The Labute approximate surface area is 110 Å². The van der Waals surface area contributed by atoms with Crippen LogP contribution in [-0.2, 0) is 10.0 Å². The summed E-state index contributed by atoms with van der Waals surface area (Å²) >= 11 is 0. The predicted octanol–water partition coefficient (Wildman–Crippen LogP) is 2.27. The van der Waals surface area contributed by atoms with E-state index >= 15 is 0 Å². The highest BCUT2D eigenvalue weighted by Crippen LogP contribution is 2.23. The van der Waals surface area contributed by atoms with Crippen LogP contribution in [0.1, 0.15) is 16.8 Å². The van der Waals surface area contributed by atoms with Gasteiger partial charge in [0.15, 0.2) is 5.82 Å². The number of aryl methyl sites for hydroxylation is 3. The summed E-state index contributed by atoms with van der Waals surface area (Å²) in [4.78, 5) is 0.0783. The molecule has 0 fully saturated rings. The lowest BCUT2D eigenvalue weighted by Gasteiger charge is -2.11. The quantitative estimate of drug-likeness (QED) is 0.907. The highest BCUT2D eigenvalue weighted by molar-refractivity contribution is 7.92. The number of aromatic nitrogens is 2. The minimum Gasteiger partial charge on any atom is -0.281 e. The molecule has 102 valence electrons. The lowest BCUT2D eigenvalue weighted by molar-refractivity contribution is 0.597. The molecule has 0 aliphatic heterocycles. The van der Waals surface area contributed by atoms with Gasteiger partial charge >= 0.3 is 0 Å². The number of nitrogens with zero attached hydrogens (tertiary/aromatic N) is 1. The van der Waals surface area contributed by atoms with Gasteiger partial charge in [-0.3, -0.25) is 9.82 Å². The third-order valence-electron chi connectivity index (χ3n) is 2.64. The molecule has 0 saturated carbocycles. The van der Waals surface area contributed by atoms with Crippen LogP contribution in [0.3, 0.4) is 0 Å². The zero-order valence-corrected chi connectivity index (χ0v) is 11.6. The van der Waals surface area contributed by atoms with E-state index in [1.165, 1.54) is 12.1 Å². The Morgan fingerprint density at radius 2 is 1.74 bits per heavy atom. The van der Waals surface area contributed by atoms with Crippen molar-refractivity contribution in [1.29, 1.82) is 0 Å². The highest BCUT2D eigenvalue weighted by atomic mass is 32.2. The smallest absolute Gasteiger partial charge is 0.263 e. The van der Waals surface area contributed by atoms with Crippen molar-refractivity contribution < 1.29 is 12.8 Å². The predicted molar refractivity (Wildman–Crippen MR) is 70.0 cm³/mol. The largest absolute Gasteiger partial charge is 0.281 e. The van der Waals surface area contributed by atoms with Crippen LogP contribution in [0.2, 0.25) is 0 Å². The molecular formula is C12H14FN3O2S. The lowest BCUT2D eigenvalue weighted by Crippen LogP contribution is -2.16. The van der Waals surface area contributed by atoms with E-state index in [9.17, 15) is 12.8 Å². The molecule has 0 bridgehead atoms. The van der Waals surface area contributed by atoms with Crippen LogP contribution in [0.5, 0.6) is 0 Å². The molecule has 0 spiro atoms. The molecule has 0 radical (unpaired) electrons. The van der Waals surface area contributed by atoms with Crippen LogP contribution in [0.4, 0.5) is 10.2 Å². The van der Waals surface area contributed by atoms with Gasteiger partial charge in [0.2, 0.25) is 0 Å². The van der Waals surface area contributed by atoms with Crippen LogP contribution in [-0.4, -0.2) is 18.6 Å². The Bertz CT molecular complexity index is 699. The number of benzene rings is 1. The van der Waals surface area contributed by atoms with E-state index in [1.807, 2.05) is 0 Å². The zero-order valence-electron chi connectivity index (χ0n) is 10.8. The minimum absolute atomic E-state index is 0.0783. The van der Waals surface area contributed by atoms with Crippen molar-refractivity contribution in [2.45, 2.75) is 25.7 Å². The Balaban J connectivity index is 2.45. The van der Waals surface area contributed by atoms with Gasteiger partial charge in [-0.15, -0.1) is 0 Å². The van der Waals surface area contributed by atoms with Crippen molar-refractivity contribution >= 4 is 15.8 Å². The summed E-state index contributed by atoms with van der Waals surface area (Å²) in [5, 5.41) is 6.46. The van der Waals surface area contributed by atoms with E-state index in [1.54, 1.807) is 26.8 Å². The van der Waals surface area contributed by atoms with Crippen LogP contribution in [0.25, 0.3) is 0 Å². The molecular weight excluding hydrogens is 269 g/mol. The monoisotopic (exact) mass is 283 g/mol. The number of aromatic amines is 1. The number of sulfonamides is 1. The van der Waals surface area contributed by atoms with Crippen molar-refractivity contribution in [3.63, 3.8) is 0 Å². The molecule has 1 aromatic heterocycles. The molecule has 0 unspecified atom stereocenters. The van der Waals surface area contributed by atoms with Gasteiger partial charge in [0, 0.05) is 11.8 Å². The van der Waals surface area contributed by atoms with E-state index in [2.05, 4.69) is 14.9 Å². The zero-order chi connectivity index (χ0) is 14.2. The van der Waals surface area contributed by atoms with Crippen molar-refractivity contribution in [3.05, 3.63) is 40.8 Å². The summed E-state index contributed by atoms with van der Waals surface area (Å²) in [7, 11) is -3.78. The number of nitrogens with one attached hydrogen (secondary N) is 2. The van der Waals surface area contributed by atoms with Gasteiger partial charge < -0.3 is 0 Å². The van der Waals surface area contributed by atoms with E-state index in [4.69, 9.17) is 0 Å². The van der Waals surface area contributed by atoms with Gasteiger partial charge in [0.05, 0.1) is 4.90 Å². The molecule has 7 heteroatoms. The number of H-pyrrole nitrogens is 1. The Morgan fingerprint density at radius 3 is 2.21 bits per heavy atom. The molecule has 0 amide bonds. The summed E-state index contributed by atoms with van der Waals surface area (Å²) in [6.07, 6.45) is 0. The molecule has 0 aliphatic carbocycles. The van der Waals surface area contributed by atoms with Crippen molar-refractivity contribution in [2.24, 2.45) is 0 Å². The second-order valence-corrected chi connectivity index (χ2v) is 6.03. The fourth-order valence-electron chi connectivity index (χ4n) is 1.98. The fourth-order valence-corrected chi connectivity index (χ4v) is 3.43. The first-order chi connectivity index (χ1) is 8.79.